The van der Waals surface area contributed by atoms with Crippen molar-refractivity contribution in [1.29, 1.82) is 0 Å². The molecule has 0 aliphatic heterocycles. The van der Waals surface area contributed by atoms with Crippen LogP contribution in [-0.4, -0.2) is 34.8 Å². The van der Waals surface area contributed by atoms with Gasteiger partial charge in [0.15, 0.2) is 0 Å². The number of nitrogens with one attached hydrogen (secondary N) is 1. The summed E-state index contributed by atoms with van der Waals surface area (Å²) in [4.78, 5) is 9.76. The van der Waals surface area contributed by atoms with E-state index in [1.807, 2.05) is 26.1 Å². The first-order valence-corrected chi connectivity index (χ1v) is 6.33. The van der Waals surface area contributed by atoms with Crippen molar-refractivity contribution >= 4 is 16.7 Å². The average molecular weight is 247 g/mol. The standard InChI is InChI=1S/C14H21N3O/c1-9(2)14(8-18)17(4)11-5-6-12-13(7-11)16-10(3)15-12/h5-7,9,14,18H,8H2,1-4H3,(H,15,16). The first kappa shape index (κ1) is 12.9. The van der Waals surface area contributed by atoms with Crippen molar-refractivity contribution in [2.75, 3.05) is 18.6 Å². The predicted molar refractivity (Wildman–Crippen MR) is 74.9 cm³/mol. The van der Waals surface area contributed by atoms with Gasteiger partial charge < -0.3 is 15.0 Å². The van der Waals surface area contributed by atoms with Crippen LogP contribution in [0.2, 0.25) is 0 Å². The number of aliphatic hydroxyl groups is 1. The molecule has 18 heavy (non-hydrogen) atoms. The summed E-state index contributed by atoms with van der Waals surface area (Å²) < 4.78 is 0. The Morgan fingerprint density at radius 3 is 2.72 bits per heavy atom. The first-order valence-electron chi connectivity index (χ1n) is 6.33. The van der Waals surface area contributed by atoms with Gasteiger partial charge >= 0.3 is 0 Å². The molecule has 0 saturated heterocycles. The molecule has 0 aliphatic carbocycles. The number of aromatic amines is 1. The van der Waals surface area contributed by atoms with E-state index in [2.05, 4.69) is 34.8 Å². The van der Waals surface area contributed by atoms with E-state index in [1.165, 1.54) is 0 Å². The fraction of sp³-hybridized carbons (Fsp3) is 0.500. The molecule has 0 aliphatic rings. The van der Waals surface area contributed by atoms with Crippen molar-refractivity contribution in [2.45, 2.75) is 26.8 Å². The smallest absolute Gasteiger partial charge is 0.104 e. The van der Waals surface area contributed by atoms with Crippen molar-refractivity contribution < 1.29 is 5.11 Å². The number of aromatic nitrogens is 2. The number of nitrogens with zero attached hydrogens (tertiary/aromatic N) is 2. The highest BCUT2D eigenvalue weighted by Gasteiger charge is 2.18. The largest absolute Gasteiger partial charge is 0.394 e. The number of likely N-dealkylation sites (N-methyl/N-ethyl adjacent to an activating group) is 1. The summed E-state index contributed by atoms with van der Waals surface area (Å²) in [5.74, 6) is 1.33. The zero-order valence-electron chi connectivity index (χ0n) is 11.4. The second-order valence-electron chi connectivity index (χ2n) is 5.13. The maximum Gasteiger partial charge on any atom is 0.104 e. The van der Waals surface area contributed by atoms with Crippen molar-refractivity contribution in [2.24, 2.45) is 5.92 Å². The quantitative estimate of drug-likeness (QED) is 0.871. The summed E-state index contributed by atoms with van der Waals surface area (Å²) in [7, 11) is 2.02. The highest BCUT2D eigenvalue weighted by atomic mass is 16.3. The van der Waals surface area contributed by atoms with Crippen LogP contribution in [0.25, 0.3) is 11.0 Å². The van der Waals surface area contributed by atoms with Gasteiger partial charge in [0, 0.05) is 12.7 Å². The third kappa shape index (κ3) is 2.34. The van der Waals surface area contributed by atoms with Gasteiger partial charge in [-0.05, 0) is 31.0 Å². The van der Waals surface area contributed by atoms with E-state index in [4.69, 9.17) is 0 Å². The Balaban J connectivity index is 2.34. The van der Waals surface area contributed by atoms with E-state index in [0.717, 1.165) is 22.5 Å². The molecule has 4 heteroatoms. The molecule has 0 bridgehead atoms. The molecule has 1 atom stereocenters. The van der Waals surface area contributed by atoms with Crippen LogP contribution in [0.3, 0.4) is 0 Å². The lowest BCUT2D eigenvalue weighted by atomic mass is 10.0. The fourth-order valence-corrected chi connectivity index (χ4v) is 2.32. The molecule has 2 N–H and O–H groups in total. The molecule has 98 valence electrons. The fourth-order valence-electron chi connectivity index (χ4n) is 2.32. The maximum atomic E-state index is 9.48. The van der Waals surface area contributed by atoms with Crippen molar-refractivity contribution in [3.63, 3.8) is 0 Å². The normalized spacial score (nSPS) is 13.2. The molecule has 1 aromatic carbocycles. The third-order valence-electron chi connectivity index (χ3n) is 3.45. The zero-order valence-corrected chi connectivity index (χ0v) is 11.4. The van der Waals surface area contributed by atoms with Crippen LogP contribution in [0.1, 0.15) is 19.7 Å². The summed E-state index contributed by atoms with van der Waals surface area (Å²) in [6, 6.07) is 6.28. The SMILES string of the molecule is Cc1nc2ccc(N(C)C(CO)C(C)C)cc2[nH]1. The number of fused-ring (bicyclic) bond motifs is 1. The molecule has 0 spiro atoms. The summed E-state index contributed by atoms with van der Waals surface area (Å²) in [6.45, 7) is 6.36. The molecule has 4 nitrogen and oxygen atoms in total. The van der Waals surface area contributed by atoms with Crippen LogP contribution in [0.15, 0.2) is 18.2 Å². The molecule has 1 heterocycles. The highest BCUT2D eigenvalue weighted by Crippen LogP contribution is 2.23. The van der Waals surface area contributed by atoms with Gasteiger partial charge in [-0.3, -0.25) is 0 Å². The van der Waals surface area contributed by atoms with E-state index in [-0.39, 0.29) is 12.6 Å². The van der Waals surface area contributed by atoms with Crippen LogP contribution in [0.4, 0.5) is 5.69 Å². The Morgan fingerprint density at radius 2 is 2.11 bits per heavy atom. The summed E-state index contributed by atoms with van der Waals surface area (Å²) in [6.07, 6.45) is 0. The van der Waals surface area contributed by atoms with Crippen LogP contribution in [0.5, 0.6) is 0 Å². The van der Waals surface area contributed by atoms with Gasteiger partial charge in [-0.1, -0.05) is 13.8 Å². The predicted octanol–water partition coefficient (Wildman–Crippen LogP) is 2.32. The van der Waals surface area contributed by atoms with Crippen molar-refractivity contribution in [3.8, 4) is 0 Å². The highest BCUT2D eigenvalue weighted by molar-refractivity contribution is 5.79. The second kappa shape index (κ2) is 4.98. The van der Waals surface area contributed by atoms with Gasteiger partial charge in [0.25, 0.3) is 0 Å². The van der Waals surface area contributed by atoms with E-state index < -0.39 is 0 Å². The van der Waals surface area contributed by atoms with Gasteiger partial charge in [0.1, 0.15) is 5.82 Å². The molecule has 0 amide bonds. The zero-order chi connectivity index (χ0) is 13.3. The molecular formula is C14H21N3O. The second-order valence-corrected chi connectivity index (χ2v) is 5.13. The minimum absolute atomic E-state index is 0.131. The Labute approximate surface area is 108 Å². The van der Waals surface area contributed by atoms with Gasteiger partial charge in [-0.2, -0.15) is 0 Å². The number of imidazole rings is 1. The summed E-state index contributed by atoms with van der Waals surface area (Å²) in [5.41, 5.74) is 3.12. The maximum absolute atomic E-state index is 9.48. The lowest BCUT2D eigenvalue weighted by Crippen LogP contribution is -2.38. The minimum Gasteiger partial charge on any atom is -0.394 e. The van der Waals surface area contributed by atoms with Gasteiger partial charge in [0.05, 0.1) is 23.7 Å². The van der Waals surface area contributed by atoms with E-state index in [0.29, 0.717) is 5.92 Å². The Kier molecular flexibility index (Phi) is 3.57. The first-order chi connectivity index (χ1) is 8.52. The van der Waals surface area contributed by atoms with Gasteiger partial charge in [-0.15, -0.1) is 0 Å². The number of benzene rings is 1. The monoisotopic (exact) mass is 247 g/mol. The van der Waals surface area contributed by atoms with Crippen LogP contribution >= 0.6 is 0 Å². The Hall–Kier alpha value is -1.55. The molecule has 2 rings (SSSR count). The molecule has 1 aromatic heterocycles. The lowest BCUT2D eigenvalue weighted by Gasteiger charge is -2.31. The van der Waals surface area contributed by atoms with Crippen molar-refractivity contribution in [1.82, 2.24) is 9.97 Å². The Morgan fingerprint density at radius 1 is 1.39 bits per heavy atom. The van der Waals surface area contributed by atoms with Crippen LogP contribution < -0.4 is 4.90 Å². The Bertz CT molecular complexity index is 533. The number of H-pyrrole nitrogens is 1. The average Bonchev–Trinajstić information content (AvgIpc) is 2.68. The number of hydrogen-bond donors (Lipinski definition) is 2. The van der Waals surface area contributed by atoms with Crippen LogP contribution in [0, 0.1) is 12.8 Å². The van der Waals surface area contributed by atoms with E-state index in [1.54, 1.807) is 0 Å². The summed E-state index contributed by atoms with van der Waals surface area (Å²) >= 11 is 0. The molecule has 1 unspecified atom stereocenters. The number of rotatable bonds is 4. The molecule has 0 radical (unpaired) electrons. The third-order valence-corrected chi connectivity index (χ3v) is 3.45. The minimum atomic E-state index is 0.131. The topological polar surface area (TPSA) is 52.1 Å². The number of hydrogen-bond acceptors (Lipinski definition) is 3. The number of anilines is 1. The van der Waals surface area contributed by atoms with Gasteiger partial charge in [0.2, 0.25) is 0 Å². The van der Waals surface area contributed by atoms with Gasteiger partial charge in [-0.25, -0.2) is 4.98 Å². The van der Waals surface area contributed by atoms with E-state index >= 15 is 0 Å². The summed E-state index contributed by atoms with van der Waals surface area (Å²) in [5, 5.41) is 9.48. The molecule has 2 aromatic rings. The molecule has 0 fully saturated rings. The molecular weight excluding hydrogens is 226 g/mol. The number of aliphatic hydroxyl groups excluding tert-OH is 1. The van der Waals surface area contributed by atoms with Crippen molar-refractivity contribution in [3.05, 3.63) is 24.0 Å². The van der Waals surface area contributed by atoms with E-state index in [9.17, 15) is 5.11 Å². The van der Waals surface area contributed by atoms with Crippen LogP contribution in [-0.2, 0) is 0 Å². The number of aryl methyl sites for hydroxylation is 1. The molecule has 0 saturated carbocycles. The lowest BCUT2D eigenvalue weighted by molar-refractivity contribution is 0.234.